The molecule has 0 unspecified atom stereocenters. The summed E-state index contributed by atoms with van der Waals surface area (Å²) in [6.07, 6.45) is 2.99. The van der Waals surface area contributed by atoms with Crippen LogP contribution >= 0.6 is 27.5 Å². The lowest BCUT2D eigenvalue weighted by Crippen LogP contribution is -2.03. The molecule has 0 aliphatic heterocycles. The summed E-state index contributed by atoms with van der Waals surface area (Å²) in [4.78, 5) is 0. The molecule has 1 aromatic heterocycles. The zero-order chi connectivity index (χ0) is 11.7. The van der Waals surface area contributed by atoms with E-state index < -0.39 is 5.82 Å². The van der Waals surface area contributed by atoms with Crippen molar-refractivity contribution >= 4 is 27.5 Å². The molecule has 1 aromatic carbocycles. The molecule has 0 aliphatic carbocycles. The highest BCUT2D eigenvalue weighted by Crippen LogP contribution is 2.26. The van der Waals surface area contributed by atoms with Crippen LogP contribution in [0, 0.1) is 5.82 Å². The Morgan fingerprint density at radius 1 is 1.50 bits per heavy atom. The second kappa shape index (κ2) is 4.53. The van der Waals surface area contributed by atoms with Gasteiger partial charge in [0.15, 0.2) is 5.82 Å². The maximum absolute atomic E-state index is 13.9. The first-order valence-corrected chi connectivity index (χ1v) is 5.68. The number of rotatable bonds is 2. The van der Waals surface area contributed by atoms with E-state index in [1.807, 2.05) is 0 Å². The maximum atomic E-state index is 13.9. The van der Waals surface area contributed by atoms with Crippen molar-refractivity contribution in [1.29, 1.82) is 0 Å². The third-order valence-corrected chi connectivity index (χ3v) is 3.21. The second-order valence-electron chi connectivity index (χ2n) is 3.18. The van der Waals surface area contributed by atoms with Gasteiger partial charge in [0.2, 0.25) is 0 Å². The van der Waals surface area contributed by atoms with E-state index in [-0.39, 0.29) is 6.54 Å². The van der Waals surface area contributed by atoms with Crippen molar-refractivity contribution in [1.82, 2.24) is 9.78 Å². The molecule has 6 heteroatoms. The van der Waals surface area contributed by atoms with Crippen LogP contribution in [0.3, 0.4) is 0 Å². The van der Waals surface area contributed by atoms with Crippen LogP contribution in [-0.4, -0.2) is 9.78 Å². The predicted molar refractivity (Wildman–Crippen MR) is 64.1 cm³/mol. The maximum Gasteiger partial charge on any atom is 0.163 e. The van der Waals surface area contributed by atoms with E-state index in [1.165, 1.54) is 17.1 Å². The lowest BCUT2D eigenvalue weighted by Gasteiger charge is -2.08. The van der Waals surface area contributed by atoms with E-state index in [1.54, 1.807) is 12.1 Å². The van der Waals surface area contributed by atoms with Gasteiger partial charge in [-0.3, -0.25) is 0 Å². The smallest absolute Gasteiger partial charge is 0.163 e. The van der Waals surface area contributed by atoms with Gasteiger partial charge in [-0.2, -0.15) is 5.10 Å². The van der Waals surface area contributed by atoms with Crippen LogP contribution in [0.15, 0.2) is 29.0 Å². The van der Waals surface area contributed by atoms with Crippen LogP contribution in [0.25, 0.3) is 5.69 Å². The van der Waals surface area contributed by atoms with Crippen molar-refractivity contribution in [2.45, 2.75) is 6.54 Å². The number of nitrogens with zero attached hydrogens (tertiary/aromatic N) is 2. The standard InChI is InChI=1S/C10H8BrClFN3/c11-9-6(3-14)1-2-8(10(9)13)16-5-7(12)4-15-16/h1-2,4-5H,3,14H2. The van der Waals surface area contributed by atoms with Gasteiger partial charge in [-0.25, -0.2) is 9.07 Å². The molecule has 3 nitrogen and oxygen atoms in total. The molecule has 16 heavy (non-hydrogen) atoms. The minimum atomic E-state index is -0.400. The lowest BCUT2D eigenvalue weighted by atomic mass is 10.2. The monoisotopic (exact) mass is 303 g/mol. The van der Waals surface area contributed by atoms with Crippen LogP contribution in [0.5, 0.6) is 0 Å². The summed E-state index contributed by atoms with van der Waals surface area (Å²) in [5.41, 5.74) is 6.51. The Morgan fingerprint density at radius 3 is 2.81 bits per heavy atom. The molecular formula is C10H8BrClFN3. The summed E-state index contributed by atoms with van der Waals surface area (Å²) in [6.45, 7) is 0.275. The van der Waals surface area contributed by atoms with Crippen molar-refractivity contribution in [3.63, 3.8) is 0 Å². The van der Waals surface area contributed by atoms with Crippen molar-refractivity contribution in [2.24, 2.45) is 5.73 Å². The van der Waals surface area contributed by atoms with E-state index >= 15 is 0 Å². The number of aromatic nitrogens is 2. The summed E-state index contributed by atoms with van der Waals surface area (Å²) >= 11 is 8.89. The number of hydrogen-bond donors (Lipinski definition) is 1. The molecule has 2 aromatic rings. The van der Waals surface area contributed by atoms with Crippen LogP contribution < -0.4 is 5.73 Å². The van der Waals surface area contributed by atoms with Crippen molar-refractivity contribution < 1.29 is 4.39 Å². The molecule has 0 atom stereocenters. The predicted octanol–water partition coefficient (Wildman–Crippen LogP) is 2.89. The van der Waals surface area contributed by atoms with E-state index in [0.717, 1.165) is 0 Å². The fraction of sp³-hybridized carbons (Fsp3) is 0.100. The Bertz CT molecular complexity index is 527. The topological polar surface area (TPSA) is 43.8 Å². The number of benzene rings is 1. The summed E-state index contributed by atoms with van der Waals surface area (Å²) in [7, 11) is 0. The largest absolute Gasteiger partial charge is 0.326 e. The van der Waals surface area contributed by atoms with Gasteiger partial charge in [-0.15, -0.1) is 0 Å². The quantitative estimate of drug-likeness (QED) is 0.927. The van der Waals surface area contributed by atoms with E-state index in [9.17, 15) is 4.39 Å². The fourth-order valence-corrected chi connectivity index (χ4v) is 1.98. The molecule has 0 saturated carbocycles. The molecular weight excluding hydrogens is 296 g/mol. The molecule has 0 bridgehead atoms. The van der Waals surface area contributed by atoms with Crippen LogP contribution in [0.4, 0.5) is 4.39 Å². The Morgan fingerprint density at radius 2 is 2.25 bits per heavy atom. The Kier molecular flexibility index (Phi) is 3.28. The summed E-state index contributed by atoms with van der Waals surface area (Å²) in [5.74, 6) is -0.400. The number of hydrogen-bond acceptors (Lipinski definition) is 2. The normalized spacial score (nSPS) is 10.8. The van der Waals surface area contributed by atoms with Crippen molar-refractivity contribution in [3.8, 4) is 5.69 Å². The Labute approximate surface area is 105 Å². The molecule has 1 heterocycles. The zero-order valence-corrected chi connectivity index (χ0v) is 10.5. The fourth-order valence-electron chi connectivity index (χ4n) is 1.35. The van der Waals surface area contributed by atoms with Gasteiger partial charge in [0.25, 0.3) is 0 Å². The molecule has 2 N–H and O–H groups in total. The molecule has 0 saturated heterocycles. The Hall–Kier alpha value is -0.910. The lowest BCUT2D eigenvalue weighted by molar-refractivity contribution is 0.601. The number of halogens is 3. The first-order chi connectivity index (χ1) is 7.63. The molecule has 2 rings (SSSR count). The highest BCUT2D eigenvalue weighted by atomic mass is 79.9. The summed E-state index contributed by atoms with van der Waals surface area (Å²) in [6, 6.07) is 3.36. The average Bonchev–Trinajstić information content (AvgIpc) is 2.69. The van der Waals surface area contributed by atoms with E-state index in [4.69, 9.17) is 17.3 Å². The third-order valence-electron chi connectivity index (χ3n) is 2.16. The van der Waals surface area contributed by atoms with Crippen molar-refractivity contribution in [3.05, 3.63) is 45.4 Å². The van der Waals surface area contributed by atoms with Gasteiger partial charge < -0.3 is 5.73 Å². The average molecular weight is 305 g/mol. The SMILES string of the molecule is NCc1ccc(-n2cc(Cl)cn2)c(F)c1Br. The summed E-state index contributed by atoms with van der Waals surface area (Å²) < 4.78 is 15.7. The van der Waals surface area contributed by atoms with Crippen LogP contribution in [0.1, 0.15) is 5.56 Å². The minimum Gasteiger partial charge on any atom is -0.326 e. The van der Waals surface area contributed by atoms with Gasteiger partial charge in [0.05, 0.1) is 15.7 Å². The molecule has 0 amide bonds. The highest BCUT2D eigenvalue weighted by Gasteiger charge is 2.12. The van der Waals surface area contributed by atoms with Crippen LogP contribution in [0.2, 0.25) is 5.02 Å². The molecule has 0 spiro atoms. The molecule has 0 radical (unpaired) electrons. The Balaban J connectivity index is 2.55. The highest BCUT2D eigenvalue weighted by molar-refractivity contribution is 9.10. The number of nitrogens with two attached hydrogens (primary N) is 1. The molecule has 0 fully saturated rings. The van der Waals surface area contributed by atoms with Gasteiger partial charge in [0.1, 0.15) is 5.69 Å². The van der Waals surface area contributed by atoms with Gasteiger partial charge in [-0.1, -0.05) is 17.7 Å². The first kappa shape index (κ1) is 11.6. The van der Waals surface area contributed by atoms with Crippen LogP contribution in [-0.2, 0) is 6.54 Å². The van der Waals surface area contributed by atoms with E-state index in [0.29, 0.717) is 20.7 Å². The molecule has 84 valence electrons. The van der Waals surface area contributed by atoms with Gasteiger partial charge in [0, 0.05) is 12.7 Å². The van der Waals surface area contributed by atoms with Gasteiger partial charge >= 0.3 is 0 Å². The minimum absolute atomic E-state index is 0.275. The zero-order valence-electron chi connectivity index (χ0n) is 8.12. The third kappa shape index (κ3) is 1.98. The second-order valence-corrected chi connectivity index (χ2v) is 4.41. The summed E-state index contributed by atoms with van der Waals surface area (Å²) in [5, 5.41) is 4.39. The van der Waals surface area contributed by atoms with Crippen molar-refractivity contribution in [2.75, 3.05) is 0 Å². The van der Waals surface area contributed by atoms with E-state index in [2.05, 4.69) is 21.0 Å². The van der Waals surface area contributed by atoms with Gasteiger partial charge in [-0.05, 0) is 27.6 Å². The molecule has 0 aliphatic rings. The first-order valence-electron chi connectivity index (χ1n) is 4.51.